The van der Waals surface area contributed by atoms with Crippen LogP contribution in [0.2, 0.25) is 0 Å². The van der Waals surface area contributed by atoms with E-state index in [2.05, 4.69) is 6.58 Å². The summed E-state index contributed by atoms with van der Waals surface area (Å²) in [6.45, 7) is 3.48. The highest BCUT2D eigenvalue weighted by molar-refractivity contribution is 7.87. The van der Waals surface area contributed by atoms with Crippen LogP contribution in [0.3, 0.4) is 0 Å². The van der Waals surface area contributed by atoms with Gasteiger partial charge in [0.25, 0.3) is 10.1 Å². The average molecular weight is 200 g/mol. The second-order valence-electron chi connectivity index (χ2n) is 3.02. The van der Waals surface area contributed by atoms with Crippen LogP contribution in [0.15, 0.2) is 37.0 Å². The molecule has 1 atom stereocenters. The molecule has 4 heteroatoms. The van der Waals surface area contributed by atoms with Crippen molar-refractivity contribution in [2.45, 2.75) is 17.6 Å². The van der Waals surface area contributed by atoms with Crippen molar-refractivity contribution in [3.8, 4) is 0 Å². The third-order valence-corrected chi connectivity index (χ3v) is 3.61. The molecule has 1 aliphatic rings. The highest BCUT2D eigenvalue weighted by Gasteiger charge is 2.38. The van der Waals surface area contributed by atoms with Crippen LogP contribution in [0.4, 0.5) is 0 Å². The van der Waals surface area contributed by atoms with Crippen LogP contribution in [0, 0.1) is 0 Å². The molecule has 0 aromatic rings. The van der Waals surface area contributed by atoms with E-state index in [-0.39, 0.29) is 6.42 Å². The van der Waals surface area contributed by atoms with Gasteiger partial charge in [0.1, 0.15) is 4.75 Å². The van der Waals surface area contributed by atoms with E-state index < -0.39 is 14.9 Å². The molecule has 0 saturated carbocycles. The molecule has 0 radical (unpaired) electrons. The molecule has 0 aromatic heterocycles. The number of allylic oxidation sites excluding steroid dienone is 4. The first-order valence-electron chi connectivity index (χ1n) is 3.94. The zero-order chi connectivity index (χ0) is 9.95. The molecular weight excluding hydrogens is 188 g/mol. The SMILES string of the molecule is C=CCC1(S(=O)(=O)O)C=CC=CC1. The van der Waals surface area contributed by atoms with Crippen LogP contribution in [0.5, 0.6) is 0 Å². The van der Waals surface area contributed by atoms with E-state index in [9.17, 15) is 8.42 Å². The van der Waals surface area contributed by atoms with Crippen LogP contribution in [-0.4, -0.2) is 17.7 Å². The fourth-order valence-electron chi connectivity index (χ4n) is 1.34. The topological polar surface area (TPSA) is 54.4 Å². The van der Waals surface area contributed by atoms with Gasteiger partial charge in [-0.1, -0.05) is 30.4 Å². The summed E-state index contributed by atoms with van der Waals surface area (Å²) < 4.78 is 30.1. The first kappa shape index (κ1) is 10.2. The van der Waals surface area contributed by atoms with Crippen LogP contribution in [0.25, 0.3) is 0 Å². The quantitative estimate of drug-likeness (QED) is 0.557. The molecule has 3 nitrogen and oxygen atoms in total. The van der Waals surface area contributed by atoms with E-state index in [1.807, 2.05) is 0 Å². The Labute approximate surface area is 78.2 Å². The average Bonchev–Trinajstić information content (AvgIpc) is 2.04. The van der Waals surface area contributed by atoms with Gasteiger partial charge in [-0.2, -0.15) is 8.42 Å². The van der Waals surface area contributed by atoms with Crippen LogP contribution >= 0.6 is 0 Å². The van der Waals surface area contributed by atoms with Gasteiger partial charge in [-0.3, -0.25) is 4.55 Å². The summed E-state index contributed by atoms with van der Waals surface area (Å²) in [5, 5.41) is 0. The predicted octanol–water partition coefficient (Wildman–Crippen LogP) is 1.71. The predicted molar refractivity (Wildman–Crippen MR) is 52.0 cm³/mol. The Bertz CT molecular complexity index is 347. The Morgan fingerprint density at radius 2 is 2.23 bits per heavy atom. The standard InChI is InChI=1S/C9H12O3S/c1-2-6-9(13(10,11)12)7-4-3-5-8-9/h2-5,7H,1,6,8H2,(H,10,11,12). The van der Waals surface area contributed by atoms with Gasteiger partial charge in [-0.25, -0.2) is 0 Å². The normalized spacial score (nSPS) is 27.5. The van der Waals surface area contributed by atoms with Gasteiger partial charge < -0.3 is 0 Å². The number of hydrogen-bond donors (Lipinski definition) is 1. The Morgan fingerprint density at radius 1 is 1.54 bits per heavy atom. The lowest BCUT2D eigenvalue weighted by Gasteiger charge is -2.26. The van der Waals surface area contributed by atoms with E-state index in [0.29, 0.717) is 6.42 Å². The van der Waals surface area contributed by atoms with E-state index in [4.69, 9.17) is 4.55 Å². The molecule has 1 rings (SSSR count). The lowest BCUT2D eigenvalue weighted by Crippen LogP contribution is -2.36. The summed E-state index contributed by atoms with van der Waals surface area (Å²) in [5.74, 6) is 0. The summed E-state index contributed by atoms with van der Waals surface area (Å²) >= 11 is 0. The Kier molecular flexibility index (Phi) is 2.73. The molecule has 0 amide bonds. The fourth-order valence-corrected chi connectivity index (χ4v) is 2.22. The van der Waals surface area contributed by atoms with Crippen molar-refractivity contribution < 1.29 is 13.0 Å². The minimum Gasteiger partial charge on any atom is -0.285 e. The Hall–Kier alpha value is -0.870. The molecule has 0 spiro atoms. The van der Waals surface area contributed by atoms with Gasteiger partial charge in [0, 0.05) is 0 Å². The second kappa shape index (κ2) is 3.47. The lowest BCUT2D eigenvalue weighted by atomic mass is 9.96. The van der Waals surface area contributed by atoms with Crippen LogP contribution < -0.4 is 0 Å². The molecule has 1 unspecified atom stereocenters. The minimum atomic E-state index is -4.06. The van der Waals surface area contributed by atoms with Crippen molar-refractivity contribution in [2.75, 3.05) is 0 Å². The van der Waals surface area contributed by atoms with Crippen LogP contribution in [-0.2, 0) is 10.1 Å². The fraction of sp³-hybridized carbons (Fsp3) is 0.333. The first-order chi connectivity index (χ1) is 6.02. The molecule has 0 aliphatic heterocycles. The van der Waals surface area contributed by atoms with E-state index in [1.54, 1.807) is 18.2 Å². The van der Waals surface area contributed by atoms with Gasteiger partial charge in [0.2, 0.25) is 0 Å². The van der Waals surface area contributed by atoms with Crippen molar-refractivity contribution >= 4 is 10.1 Å². The zero-order valence-electron chi connectivity index (χ0n) is 7.18. The van der Waals surface area contributed by atoms with Crippen LogP contribution in [0.1, 0.15) is 12.8 Å². The molecule has 0 heterocycles. The maximum atomic E-state index is 11.1. The molecular formula is C9H12O3S. The minimum absolute atomic E-state index is 0.229. The smallest absolute Gasteiger partial charge is 0.274 e. The maximum absolute atomic E-state index is 11.1. The maximum Gasteiger partial charge on any atom is 0.274 e. The first-order valence-corrected chi connectivity index (χ1v) is 5.38. The van der Waals surface area contributed by atoms with Gasteiger partial charge >= 0.3 is 0 Å². The highest BCUT2D eigenvalue weighted by Crippen LogP contribution is 2.30. The monoisotopic (exact) mass is 200 g/mol. The van der Waals surface area contributed by atoms with Gasteiger partial charge in [-0.15, -0.1) is 6.58 Å². The Balaban J connectivity index is 3.09. The third-order valence-electron chi connectivity index (χ3n) is 2.11. The molecule has 0 bridgehead atoms. The highest BCUT2D eigenvalue weighted by atomic mass is 32.2. The summed E-state index contributed by atoms with van der Waals surface area (Å²) in [7, 11) is -4.06. The van der Waals surface area contributed by atoms with Crippen molar-refractivity contribution in [1.82, 2.24) is 0 Å². The van der Waals surface area contributed by atoms with Gasteiger partial charge in [0.05, 0.1) is 0 Å². The lowest BCUT2D eigenvalue weighted by molar-refractivity contribution is 0.445. The molecule has 0 aromatic carbocycles. The van der Waals surface area contributed by atoms with Crippen molar-refractivity contribution in [1.29, 1.82) is 0 Å². The van der Waals surface area contributed by atoms with E-state index >= 15 is 0 Å². The summed E-state index contributed by atoms with van der Waals surface area (Å²) in [4.78, 5) is 0. The third kappa shape index (κ3) is 1.89. The van der Waals surface area contributed by atoms with E-state index in [1.165, 1.54) is 12.2 Å². The van der Waals surface area contributed by atoms with Crippen molar-refractivity contribution in [2.24, 2.45) is 0 Å². The van der Waals surface area contributed by atoms with Crippen molar-refractivity contribution in [3.05, 3.63) is 37.0 Å². The Morgan fingerprint density at radius 3 is 2.62 bits per heavy atom. The van der Waals surface area contributed by atoms with Gasteiger partial charge in [-0.05, 0) is 12.8 Å². The van der Waals surface area contributed by atoms with E-state index in [0.717, 1.165) is 0 Å². The van der Waals surface area contributed by atoms with Crippen molar-refractivity contribution in [3.63, 3.8) is 0 Å². The molecule has 72 valence electrons. The summed E-state index contributed by atoms with van der Waals surface area (Å²) in [6, 6.07) is 0. The second-order valence-corrected chi connectivity index (χ2v) is 4.79. The number of rotatable bonds is 3. The zero-order valence-corrected chi connectivity index (χ0v) is 8.00. The molecule has 13 heavy (non-hydrogen) atoms. The molecule has 1 N–H and O–H groups in total. The largest absolute Gasteiger partial charge is 0.285 e. The number of hydrogen-bond acceptors (Lipinski definition) is 2. The van der Waals surface area contributed by atoms with Gasteiger partial charge in [0.15, 0.2) is 0 Å². The summed E-state index contributed by atoms with van der Waals surface area (Å²) in [5.41, 5.74) is 0. The summed E-state index contributed by atoms with van der Waals surface area (Å²) in [6.07, 6.45) is 8.63. The molecule has 0 saturated heterocycles. The molecule has 0 fully saturated rings. The molecule has 1 aliphatic carbocycles.